The molecule has 3 rings (SSSR count). The van der Waals surface area contributed by atoms with Gasteiger partial charge in [0, 0.05) is 31.4 Å². The molecule has 3 N–H and O–H groups in total. The molecule has 2 aromatic rings. The van der Waals surface area contributed by atoms with Crippen LogP contribution >= 0.6 is 0 Å². The smallest absolute Gasteiger partial charge is 0.412 e. The van der Waals surface area contributed by atoms with E-state index in [0.29, 0.717) is 41.5 Å². The van der Waals surface area contributed by atoms with Crippen LogP contribution in [-0.4, -0.2) is 55.6 Å². The van der Waals surface area contributed by atoms with Gasteiger partial charge in [-0.2, -0.15) is 0 Å². The molecule has 0 spiro atoms. The number of amides is 1. The summed E-state index contributed by atoms with van der Waals surface area (Å²) in [5.41, 5.74) is 1.18. The number of carbonyl (C=O) groups excluding carboxylic acids is 1. The minimum atomic E-state index is -0.756. The first-order valence-corrected chi connectivity index (χ1v) is 10.1. The summed E-state index contributed by atoms with van der Waals surface area (Å²) >= 11 is 0. The van der Waals surface area contributed by atoms with Gasteiger partial charge >= 0.3 is 6.09 Å². The zero-order valence-electron chi connectivity index (χ0n) is 17.3. The van der Waals surface area contributed by atoms with Crippen molar-refractivity contribution in [3.05, 3.63) is 48.0 Å². The Balaban J connectivity index is 1.74. The van der Waals surface area contributed by atoms with E-state index < -0.39 is 18.3 Å². The van der Waals surface area contributed by atoms with Crippen LogP contribution in [0.4, 0.5) is 10.5 Å². The largest absolute Gasteiger partial charge is 0.491 e. The highest BCUT2D eigenvalue weighted by atomic mass is 16.7. The standard InChI is InChI=1S/C22H27NO8/c1-2-27-19(9-10-24)21(15-3-6-17(7-4-15)28-12-11-25)31-22(26)23-16-5-8-18-20(13-16)30-14-29-18/h3-8,13,19,21,24-25H,2,9-12,14H2,1H3,(H,23,26)/t19-,21-/m1/s1. The molecule has 168 valence electrons. The van der Waals surface area contributed by atoms with E-state index in [1.165, 1.54) is 0 Å². The van der Waals surface area contributed by atoms with Crippen LogP contribution in [-0.2, 0) is 9.47 Å². The lowest BCUT2D eigenvalue weighted by atomic mass is 10.0. The molecule has 0 radical (unpaired) electrons. The molecule has 0 unspecified atom stereocenters. The van der Waals surface area contributed by atoms with Crippen molar-refractivity contribution in [2.75, 3.05) is 38.5 Å². The minimum absolute atomic E-state index is 0.0869. The van der Waals surface area contributed by atoms with E-state index in [1.807, 2.05) is 6.92 Å². The van der Waals surface area contributed by atoms with Crippen molar-refractivity contribution in [1.82, 2.24) is 0 Å². The molecule has 9 heteroatoms. The van der Waals surface area contributed by atoms with E-state index in [9.17, 15) is 9.90 Å². The monoisotopic (exact) mass is 433 g/mol. The average Bonchev–Trinajstić information content (AvgIpc) is 3.24. The molecule has 2 atom stereocenters. The van der Waals surface area contributed by atoms with Crippen LogP contribution in [0.2, 0.25) is 0 Å². The maximum absolute atomic E-state index is 12.6. The first kappa shape index (κ1) is 22.7. The molecule has 0 aliphatic carbocycles. The summed E-state index contributed by atoms with van der Waals surface area (Å²) in [6.07, 6.45) is -1.68. The number of anilines is 1. The van der Waals surface area contributed by atoms with Gasteiger partial charge in [-0.05, 0) is 36.8 Å². The molecule has 0 saturated heterocycles. The molecule has 0 saturated carbocycles. The summed E-state index contributed by atoms with van der Waals surface area (Å²) in [6.45, 7) is 2.35. The van der Waals surface area contributed by atoms with Crippen molar-refractivity contribution in [3.63, 3.8) is 0 Å². The lowest BCUT2D eigenvalue weighted by Gasteiger charge is -2.27. The van der Waals surface area contributed by atoms with E-state index >= 15 is 0 Å². The number of rotatable bonds is 11. The molecule has 1 aliphatic rings. The van der Waals surface area contributed by atoms with Gasteiger partial charge in [-0.15, -0.1) is 0 Å². The fraction of sp³-hybridized carbons (Fsp3) is 0.409. The van der Waals surface area contributed by atoms with E-state index in [1.54, 1.807) is 42.5 Å². The van der Waals surface area contributed by atoms with Gasteiger partial charge in [0.15, 0.2) is 17.6 Å². The molecular formula is C22H27NO8. The Hall–Kier alpha value is -3.01. The van der Waals surface area contributed by atoms with E-state index in [0.717, 1.165) is 0 Å². The Labute approximate surface area is 180 Å². The first-order valence-electron chi connectivity index (χ1n) is 10.1. The van der Waals surface area contributed by atoms with Gasteiger partial charge in [0.1, 0.15) is 18.5 Å². The van der Waals surface area contributed by atoms with Gasteiger partial charge in [0.2, 0.25) is 6.79 Å². The van der Waals surface area contributed by atoms with Gasteiger partial charge in [0.25, 0.3) is 0 Å². The number of hydrogen-bond acceptors (Lipinski definition) is 8. The van der Waals surface area contributed by atoms with Gasteiger partial charge in [-0.25, -0.2) is 4.79 Å². The van der Waals surface area contributed by atoms with Crippen molar-refractivity contribution >= 4 is 11.8 Å². The highest BCUT2D eigenvalue weighted by Crippen LogP contribution is 2.34. The second kappa shape index (κ2) is 11.4. The molecule has 0 bridgehead atoms. The molecule has 2 aromatic carbocycles. The summed E-state index contributed by atoms with van der Waals surface area (Å²) in [5.74, 6) is 1.73. The van der Waals surface area contributed by atoms with Gasteiger partial charge in [-0.1, -0.05) is 12.1 Å². The topological polar surface area (TPSA) is 116 Å². The van der Waals surface area contributed by atoms with Gasteiger partial charge in [0.05, 0.1) is 6.61 Å². The zero-order chi connectivity index (χ0) is 22.1. The maximum Gasteiger partial charge on any atom is 0.412 e. The fourth-order valence-corrected chi connectivity index (χ4v) is 3.18. The van der Waals surface area contributed by atoms with Crippen LogP contribution in [0.25, 0.3) is 0 Å². The third kappa shape index (κ3) is 6.24. The van der Waals surface area contributed by atoms with E-state index in [-0.39, 0.29) is 26.6 Å². The van der Waals surface area contributed by atoms with Crippen LogP contribution in [0.1, 0.15) is 25.0 Å². The number of benzene rings is 2. The molecular weight excluding hydrogens is 406 g/mol. The van der Waals surface area contributed by atoms with Crippen molar-refractivity contribution in [2.45, 2.75) is 25.6 Å². The lowest BCUT2D eigenvalue weighted by Crippen LogP contribution is -2.29. The highest BCUT2D eigenvalue weighted by molar-refractivity contribution is 5.85. The zero-order valence-corrected chi connectivity index (χ0v) is 17.3. The van der Waals surface area contributed by atoms with E-state index in [2.05, 4.69) is 5.32 Å². The number of ether oxygens (including phenoxy) is 5. The molecule has 1 heterocycles. The summed E-state index contributed by atoms with van der Waals surface area (Å²) in [6, 6.07) is 12.0. The van der Waals surface area contributed by atoms with Gasteiger partial charge in [-0.3, -0.25) is 5.32 Å². The maximum atomic E-state index is 12.6. The van der Waals surface area contributed by atoms with Crippen LogP contribution in [0.15, 0.2) is 42.5 Å². The predicted molar refractivity (Wildman–Crippen MR) is 112 cm³/mol. The second-order valence-electron chi connectivity index (χ2n) is 6.67. The Kier molecular flexibility index (Phi) is 8.34. The number of fused-ring (bicyclic) bond motifs is 1. The second-order valence-corrected chi connectivity index (χ2v) is 6.67. The Morgan fingerprint density at radius 1 is 1.10 bits per heavy atom. The predicted octanol–water partition coefficient (Wildman–Crippen LogP) is 2.86. The summed E-state index contributed by atoms with van der Waals surface area (Å²) in [4.78, 5) is 12.6. The quantitative estimate of drug-likeness (QED) is 0.496. The van der Waals surface area contributed by atoms with Crippen LogP contribution in [0.5, 0.6) is 17.2 Å². The molecule has 1 aliphatic heterocycles. The molecule has 9 nitrogen and oxygen atoms in total. The molecule has 0 fully saturated rings. The van der Waals surface area contributed by atoms with Crippen molar-refractivity contribution in [1.29, 1.82) is 0 Å². The average molecular weight is 433 g/mol. The summed E-state index contributed by atoms with van der Waals surface area (Å²) < 4.78 is 27.4. The number of hydrogen-bond donors (Lipinski definition) is 3. The molecule has 31 heavy (non-hydrogen) atoms. The van der Waals surface area contributed by atoms with Crippen molar-refractivity contribution in [2.24, 2.45) is 0 Å². The van der Waals surface area contributed by atoms with Crippen molar-refractivity contribution in [3.8, 4) is 17.2 Å². The fourth-order valence-electron chi connectivity index (χ4n) is 3.18. The first-order chi connectivity index (χ1) is 15.1. The van der Waals surface area contributed by atoms with Gasteiger partial charge < -0.3 is 33.9 Å². The summed E-state index contributed by atoms with van der Waals surface area (Å²) in [5, 5.41) is 21.0. The minimum Gasteiger partial charge on any atom is -0.491 e. The number of carbonyl (C=O) groups is 1. The Bertz CT molecular complexity index is 836. The molecule has 1 amide bonds. The molecule has 0 aromatic heterocycles. The Morgan fingerprint density at radius 2 is 1.87 bits per heavy atom. The van der Waals surface area contributed by atoms with E-state index in [4.69, 9.17) is 28.8 Å². The number of nitrogens with one attached hydrogen (secondary N) is 1. The van der Waals surface area contributed by atoms with Crippen LogP contribution in [0.3, 0.4) is 0 Å². The SMILES string of the molecule is CCO[C@H](CCO)[C@H](OC(=O)Nc1ccc2c(c1)OCO2)c1ccc(OCCO)cc1. The number of aliphatic hydroxyl groups is 2. The van der Waals surface area contributed by atoms with Crippen LogP contribution in [0, 0.1) is 0 Å². The highest BCUT2D eigenvalue weighted by Gasteiger charge is 2.28. The summed E-state index contributed by atoms with van der Waals surface area (Å²) in [7, 11) is 0. The third-order valence-corrected chi connectivity index (χ3v) is 4.55. The Morgan fingerprint density at radius 3 is 2.58 bits per heavy atom. The third-order valence-electron chi connectivity index (χ3n) is 4.55. The van der Waals surface area contributed by atoms with Crippen LogP contribution < -0.4 is 19.5 Å². The van der Waals surface area contributed by atoms with Crippen molar-refractivity contribution < 1.29 is 38.7 Å². The number of aliphatic hydroxyl groups excluding tert-OH is 2. The normalized spacial score (nSPS) is 14.0. The lowest BCUT2D eigenvalue weighted by molar-refractivity contribution is -0.0484.